The molecular formula is C17H17F2N5O3. The first kappa shape index (κ1) is 18.6. The molecule has 0 aromatic carbocycles. The number of hydrogen-bond acceptors (Lipinski definition) is 6. The van der Waals surface area contributed by atoms with Gasteiger partial charge in [-0.15, -0.1) is 0 Å². The summed E-state index contributed by atoms with van der Waals surface area (Å²) in [5.74, 6) is -0.421. The topological polar surface area (TPSA) is 106 Å². The number of anilines is 1. The van der Waals surface area contributed by atoms with Crippen LogP contribution in [0.2, 0.25) is 0 Å². The van der Waals surface area contributed by atoms with Crippen molar-refractivity contribution in [2.24, 2.45) is 5.92 Å². The fraction of sp³-hybridized carbons (Fsp3) is 0.353. The largest absolute Gasteiger partial charge is 0.472 e. The van der Waals surface area contributed by atoms with Crippen LogP contribution >= 0.6 is 0 Å². The summed E-state index contributed by atoms with van der Waals surface area (Å²) >= 11 is 0. The van der Waals surface area contributed by atoms with Crippen molar-refractivity contribution in [3.63, 3.8) is 0 Å². The molecule has 1 aliphatic carbocycles. The zero-order valence-corrected chi connectivity index (χ0v) is 14.2. The van der Waals surface area contributed by atoms with Gasteiger partial charge in [-0.2, -0.15) is 0 Å². The van der Waals surface area contributed by atoms with Gasteiger partial charge in [0, 0.05) is 30.9 Å². The lowest BCUT2D eigenvalue weighted by atomic mass is 10.2. The van der Waals surface area contributed by atoms with E-state index < -0.39 is 18.9 Å². The average molecular weight is 377 g/mol. The van der Waals surface area contributed by atoms with E-state index in [1.165, 1.54) is 24.5 Å². The number of nitrogens with one attached hydrogen (secondary N) is 2. The Bertz CT molecular complexity index is 812. The normalized spacial score (nSPS) is 13.3. The highest BCUT2D eigenvalue weighted by Gasteiger charge is 2.30. The van der Waals surface area contributed by atoms with E-state index in [0.29, 0.717) is 5.56 Å². The lowest BCUT2D eigenvalue weighted by molar-refractivity contribution is -0.117. The molecule has 1 saturated carbocycles. The molecule has 2 aromatic heterocycles. The maximum Gasteiger partial charge on any atom is 0.272 e. The summed E-state index contributed by atoms with van der Waals surface area (Å²) in [5, 5.41) is 5.24. The van der Waals surface area contributed by atoms with E-state index >= 15 is 0 Å². The highest BCUT2D eigenvalue weighted by molar-refractivity contribution is 5.94. The number of aromatic nitrogens is 3. The maximum absolute atomic E-state index is 12.2. The smallest absolute Gasteiger partial charge is 0.272 e. The quantitative estimate of drug-likeness (QED) is 0.727. The third-order valence-electron chi connectivity index (χ3n) is 3.68. The molecule has 1 aliphatic rings. The van der Waals surface area contributed by atoms with E-state index in [0.717, 1.165) is 12.8 Å². The molecule has 0 unspecified atom stereocenters. The number of alkyl halides is 2. The Labute approximate surface area is 153 Å². The van der Waals surface area contributed by atoms with Crippen molar-refractivity contribution in [2.45, 2.75) is 25.8 Å². The Morgan fingerprint density at radius 3 is 2.70 bits per heavy atom. The second kappa shape index (κ2) is 8.47. The van der Waals surface area contributed by atoms with E-state index in [9.17, 15) is 18.4 Å². The Morgan fingerprint density at radius 2 is 2.04 bits per heavy atom. The van der Waals surface area contributed by atoms with Crippen LogP contribution in [0.5, 0.6) is 5.88 Å². The summed E-state index contributed by atoms with van der Waals surface area (Å²) in [7, 11) is 0. The van der Waals surface area contributed by atoms with Crippen LogP contribution in [0.15, 0.2) is 30.6 Å². The Morgan fingerprint density at radius 1 is 1.22 bits per heavy atom. The van der Waals surface area contributed by atoms with Gasteiger partial charge in [0.25, 0.3) is 12.3 Å². The maximum atomic E-state index is 12.2. The molecule has 3 rings (SSSR count). The van der Waals surface area contributed by atoms with Gasteiger partial charge in [-0.25, -0.2) is 23.7 Å². The molecule has 2 N–H and O–H groups in total. The van der Waals surface area contributed by atoms with Crippen LogP contribution in [0.3, 0.4) is 0 Å². The summed E-state index contributed by atoms with van der Waals surface area (Å²) in [6.45, 7) is -0.564. The first-order valence-electron chi connectivity index (χ1n) is 8.29. The van der Waals surface area contributed by atoms with Crippen molar-refractivity contribution in [2.75, 3.05) is 11.9 Å². The van der Waals surface area contributed by atoms with Crippen molar-refractivity contribution in [3.8, 4) is 5.88 Å². The summed E-state index contributed by atoms with van der Waals surface area (Å²) in [6, 6.07) is 4.48. The summed E-state index contributed by atoms with van der Waals surface area (Å²) in [5.41, 5.74) is 0.769. The average Bonchev–Trinajstić information content (AvgIpc) is 3.51. The lowest BCUT2D eigenvalue weighted by Crippen LogP contribution is -2.25. The molecule has 27 heavy (non-hydrogen) atoms. The number of carbonyl (C=O) groups is 2. The van der Waals surface area contributed by atoms with Gasteiger partial charge in [0.2, 0.25) is 17.7 Å². The van der Waals surface area contributed by atoms with E-state index in [1.807, 2.05) is 0 Å². The molecule has 0 saturated heterocycles. The van der Waals surface area contributed by atoms with Crippen molar-refractivity contribution in [1.82, 2.24) is 20.3 Å². The second-order valence-electron chi connectivity index (χ2n) is 5.92. The predicted octanol–water partition coefficient (Wildman–Crippen LogP) is 1.79. The fourth-order valence-corrected chi connectivity index (χ4v) is 2.13. The van der Waals surface area contributed by atoms with Crippen LogP contribution in [-0.4, -0.2) is 39.8 Å². The zero-order chi connectivity index (χ0) is 19.2. The van der Waals surface area contributed by atoms with E-state index in [-0.39, 0.29) is 35.9 Å². The van der Waals surface area contributed by atoms with Gasteiger partial charge in [-0.05, 0) is 24.5 Å². The number of carbonyl (C=O) groups excluding carboxylic acids is 2. The Hall–Kier alpha value is -3.17. The van der Waals surface area contributed by atoms with Crippen LogP contribution in [0.4, 0.5) is 14.7 Å². The third-order valence-corrected chi connectivity index (χ3v) is 3.68. The minimum atomic E-state index is -2.57. The minimum absolute atomic E-state index is 0.00577. The highest BCUT2D eigenvalue weighted by atomic mass is 19.3. The first-order valence-corrected chi connectivity index (χ1v) is 8.29. The van der Waals surface area contributed by atoms with Crippen LogP contribution in [-0.2, 0) is 11.3 Å². The van der Waals surface area contributed by atoms with Gasteiger partial charge in [0.1, 0.15) is 5.69 Å². The fourth-order valence-electron chi connectivity index (χ4n) is 2.13. The van der Waals surface area contributed by atoms with Crippen molar-refractivity contribution in [1.29, 1.82) is 0 Å². The van der Waals surface area contributed by atoms with Crippen LogP contribution in [0.1, 0.15) is 28.9 Å². The molecule has 142 valence electrons. The van der Waals surface area contributed by atoms with Gasteiger partial charge in [-0.3, -0.25) is 14.9 Å². The molecule has 1 fully saturated rings. The van der Waals surface area contributed by atoms with Crippen molar-refractivity contribution in [3.05, 3.63) is 41.9 Å². The molecule has 0 spiro atoms. The summed E-state index contributed by atoms with van der Waals surface area (Å²) < 4.78 is 28.9. The second-order valence-corrected chi connectivity index (χ2v) is 5.92. The summed E-state index contributed by atoms with van der Waals surface area (Å²) in [4.78, 5) is 35.8. The Balaban J connectivity index is 1.52. The molecule has 0 atom stereocenters. The van der Waals surface area contributed by atoms with Gasteiger partial charge in [0.15, 0.2) is 6.61 Å². The number of nitrogens with zero attached hydrogens (tertiary/aromatic N) is 3. The SMILES string of the molecule is O=C(NCc1ccc(OCC(F)F)nc1)c1ccnc(NC(=O)C2CC2)n1. The predicted molar refractivity (Wildman–Crippen MR) is 90.3 cm³/mol. The molecule has 2 aromatic rings. The monoisotopic (exact) mass is 377 g/mol. The third kappa shape index (κ3) is 5.66. The molecule has 0 radical (unpaired) electrons. The number of rotatable bonds is 8. The zero-order valence-electron chi connectivity index (χ0n) is 14.2. The molecule has 2 amide bonds. The highest BCUT2D eigenvalue weighted by Crippen LogP contribution is 2.29. The summed E-state index contributed by atoms with van der Waals surface area (Å²) in [6.07, 6.45) is 1.94. The van der Waals surface area contributed by atoms with Crippen molar-refractivity contribution < 1.29 is 23.1 Å². The van der Waals surface area contributed by atoms with Gasteiger partial charge < -0.3 is 10.1 Å². The van der Waals surface area contributed by atoms with Gasteiger partial charge >= 0.3 is 0 Å². The number of pyridine rings is 1. The molecule has 0 bridgehead atoms. The van der Waals surface area contributed by atoms with Crippen LogP contribution in [0, 0.1) is 5.92 Å². The van der Waals surface area contributed by atoms with Crippen molar-refractivity contribution >= 4 is 17.8 Å². The van der Waals surface area contributed by atoms with E-state index in [4.69, 9.17) is 4.74 Å². The number of hydrogen-bond donors (Lipinski definition) is 2. The van der Waals surface area contributed by atoms with Gasteiger partial charge in [0.05, 0.1) is 0 Å². The van der Waals surface area contributed by atoms with Crippen LogP contribution < -0.4 is 15.4 Å². The molecule has 8 nitrogen and oxygen atoms in total. The lowest BCUT2D eigenvalue weighted by Gasteiger charge is -2.08. The van der Waals surface area contributed by atoms with Crippen LogP contribution in [0.25, 0.3) is 0 Å². The number of amides is 2. The van der Waals surface area contributed by atoms with E-state index in [1.54, 1.807) is 6.07 Å². The Kier molecular flexibility index (Phi) is 5.84. The first-order chi connectivity index (χ1) is 13.0. The molecule has 2 heterocycles. The number of halogens is 2. The van der Waals surface area contributed by atoms with E-state index in [2.05, 4.69) is 25.6 Å². The molecular weight excluding hydrogens is 360 g/mol. The standard InChI is InChI=1S/C17H17F2N5O3/c18-13(19)9-27-14-4-1-10(7-21-14)8-22-16(26)12-5-6-20-17(23-12)24-15(25)11-2-3-11/h1,4-7,11,13H,2-3,8-9H2,(H,22,26)(H,20,23,24,25). The minimum Gasteiger partial charge on any atom is -0.472 e. The number of ether oxygens (including phenoxy) is 1. The molecule has 10 heteroatoms. The van der Waals surface area contributed by atoms with Gasteiger partial charge in [-0.1, -0.05) is 6.07 Å². The molecule has 0 aliphatic heterocycles.